The van der Waals surface area contributed by atoms with Crippen molar-refractivity contribution in [3.8, 4) is 0 Å². The lowest BCUT2D eigenvalue weighted by molar-refractivity contribution is -0.159. The third-order valence-corrected chi connectivity index (χ3v) is 5.35. The van der Waals surface area contributed by atoms with Gasteiger partial charge in [-0.05, 0) is 36.7 Å². The standard InChI is InChI=1S/C16H16N2O2S.C2H2O4/c17-11-10-13-12-18(16-9-5-4-8-15(13)16)21(19,20)14-6-2-1-3-7-14;3-1(4)2(5)6/h1-9,12H,10-11,17H2;(H,3,4)(H,5,6). The van der Waals surface area contributed by atoms with Gasteiger partial charge in [-0.1, -0.05) is 36.4 Å². The largest absolute Gasteiger partial charge is 0.473 e. The molecule has 1 heterocycles. The number of nitrogens with zero attached hydrogens (tertiary/aromatic N) is 1. The molecule has 0 aliphatic heterocycles. The zero-order chi connectivity index (χ0) is 20.0. The summed E-state index contributed by atoms with van der Waals surface area (Å²) in [5.74, 6) is -3.65. The Bertz CT molecular complexity index is 1050. The predicted octanol–water partition coefficient (Wildman–Crippen LogP) is 1.54. The van der Waals surface area contributed by atoms with Crippen LogP contribution in [-0.4, -0.2) is 41.1 Å². The second kappa shape index (κ2) is 8.47. The van der Waals surface area contributed by atoms with Gasteiger partial charge in [0.05, 0.1) is 10.4 Å². The molecule has 0 fully saturated rings. The number of nitrogens with two attached hydrogens (primary N) is 1. The Morgan fingerprint density at radius 1 is 0.926 bits per heavy atom. The molecule has 27 heavy (non-hydrogen) atoms. The van der Waals surface area contributed by atoms with E-state index in [1.807, 2.05) is 24.3 Å². The van der Waals surface area contributed by atoms with Crippen LogP contribution in [0.15, 0.2) is 65.7 Å². The number of hydrogen-bond acceptors (Lipinski definition) is 5. The van der Waals surface area contributed by atoms with Crippen LogP contribution in [0.5, 0.6) is 0 Å². The van der Waals surface area contributed by atoms with Gasteiger partial charge in [-0.15, -0.1) is 0 Å². The van der Waals surface area contributed by atoms with Crippen molar-refractivity contribution in [1.82, 2.24) is 3.97 Å². The molecular formula is C18H18N2O6S. The molecule has 0 aliphatic carbocycles. The number of aromatic nitrogens is 1. The minimum absolute atomic E-state index is 0.282. The van der Waals surface area contributed by atoms with Crippen molar-refractivity contribution in [2.24, 2.45) is 5.73 Å². The van der Waals surface area contributed by atoms with Crippen LogP contribution in [0.2, 0.25) is 0 Å². The number of benzene rings is 2. The monoisotopic (exact) mass is 390 g/mol. The molecule has 8 nitrogen and oxygen atoms in total. The van der Waals surface area contributed by atoms with Gasteiger partial charge in [-0.25, -0.2) is 22.0 Å². The molecule has 0 aliphatic rings. The van der Waals surface area contributed by atoms with Gasteiger partial charge < -0.3 is 15.9 Å². The van der Waals surface area contributed by atoms with E-state index in [4.69, 9.17) is 25.5 Å². The molecule has 1 aromatic heterocycles. The van der Waals surface area contributed by atoms with E-state index in [1.165, 1.54) is 3.97 Å². The predicted molar refractivity (Wildman–Crippen MR) is 99.0 cm³/mol. The number of rotatable bonds is 4. The normalized spacial score (nSPS) is 10.9. The Balaban J connectivity index is 0.000000380. The van der Waals surface area contributed by atoms with E-state index in [2.05, 4.69) is 0 Å². The van der Waals surface area contributed by atoms with Crippen molar-refractivity contribution >= 4 is 32.9 Å². The SMILES string of the molecule is NCCc1cn(S(=O)(=O)c2ccccc2)c2ccccc12.O=C(O)C(=O)O. The molecule has 142 valence electrons. The highest BCUT2D eigenvalue weighted by atomic mass is 32.2. The smallest absolute Gasteiger partial charge is 0.414 e. The van der Waals surface area contributed by atoms with Gasteiger partial charge in [0.2, 0.25) is 0 Å². The minimum atomic E-state index is -3.59. The van der Waals surface area contributed by atoms with Crippen LogP contribution in [-0.2, 0) is 26.0 Å². The number of fused-ring (bicyclic) bond motifs is 1. The first-order chi connectivity index (χ1) is 12.8. The van der Waals surface area contributed by atoms with E-state index in [0.717, 1.165) is 10.9 Å². The Morgan fingerprint density at radius 3 is 2.04 bits per heavy atom. The van der Waals surface area contributed by atoms with E-state index in [0.29, 0.717) is 18.5 Å². The van der Waals surface area contributed by atoms with Gasteiger partial charge in [0.25, 0.3) is 10.0 Å². The second-order valence-electron chi connectivity index (χ2n) is 5.43. The molecule has 0 spiro atoms. The van der Waals surface area contributed by atoms with E-state index < -0.39 is 22.0 Å². The Morgan fingerprint density at radius 2 is 1.48 bits per heavy atom. The number of hydrogen-bond donors (Lipinski definition) is 3. The molecule has 0 radical (unpaired) electrons. The van der Waals surface area contributed by atoms with Crippen LogP contribution in [0.3, 0.4) is 0 Å². The van der Waals surface area contributed by atoms with Gasteiger partial charge >= 0.3 is 11.9 Å². The van der Waals surface area contributed by atoms with Crippen LogP contribution in [0.4, 0.5) is 0 Å². The third kappa shape index (κ3) is 4.52. The minimum Gasteiger partial charge on any atom is -0.473 e. The molecule has 9 heteroatoms. The summed E-state index contributed by atoms with van der Waals surface area (Å²) < 4.78 is 26.9. The van der Waals surface area contributed by atoms with Crippen molar-refractivity contribution in [2.75, 3.05) is 6.54 Å². The van der Waals surface area contributed by atoms with Crippen molar-refractivity contribution in [3.05, 3.63) is 66.4 Å². The summed E-state index contributed by atoms with van der Waals surface area (Å²) in [4.78, 5) is 18.5. The van der Waals surface area contributed by atoms with Gasteiger partial charge in [0.1, 0.15) is 0 Å². The number of carbonyl (C=O) groups is 2. The van der Waals surface area contributed by atoms with E-state index in [1.54, 1.807) is 36.5 Å². The molecule has 0 bridgehead atoms. The van der Waals surface area contributed by atoms with Crippen molar-refractivity contribution < 1.29 is 28.2 Å². The Labute approximate surface area is 155 Å². The van der Waals surface area contributed by atoms with E-state index >= 15 is 0 Å². The summed E-state index contributed by atoms with van der Waals surface area (Å²) in [6, 6.07) is 15.9. The topological polar surface area (TPSA) is 140 Å². The molecule has 2 aromatic carbocycles. The fourth-order valence-electron chi connectivity index (χ4n) is 2.48. The van der Waals surface area contributed by atoms with Crippen LogP contribution in [0.1, 0.15) is 5.56 Å². The highest BCUT2D eigenvalue weighted by Crippen LogP contribution is 2.26. The van der Waals surface area contributed by atoms with Crippen molar-refractivity contribution in [1.29, 1.82) is 0 Å². The number of para-hydroxylation sites is 1. The molecule has 0 atom stereocenters. The summed E-state index contributed by atoms with van der Waals surface area (Å²) in [5, 5.41) is 15.7. The third-order valence-electron chi connectivity index (χ3n) is 3.66. The summed E-state index contributed by atoms with van der Waals surface area (Å²) in [5.41, 5.74) is 7.26. The average molecular weight is 390 g/mol. The maximum atomic E-state index is 12.8. The van der Waals surface area contributed by atoms with Crippen LogP contribution in [0.25, 0.3) is 10.9 Å². The molecular weight excluding hydrogens is 372 g/mol. The Hall–Kier alpha value is -3.17. The quantitative estimate of drug-likeness (QED) is 0.574. The maximum Gasteiger partial charge on any atom is 0.414 e. The van der Waals surface area contributed by atoms with Gasteiger partial charge in [-0.2, -0.15) is 0 Å². The summed E-state index contributed by atoms with van der Waals surface area (Å²) in [6.45, 7) is 0.486. The van der Waals surface area contributed by atoms with Crippen molar-refractivity contribution in [3.63, 3.8) is 0 Å². The van der Waals surface area contributed by atoms with Gasteiger partial charge in [0, 0.05) is 11.6 Å². The van der Waals surface area contributed by atoms with Crippen LogP contribution < -0.4 is 5.73 Å². The fraction of sp³-hybridized carbons (Fsp3) is 0.111. The Kier molecular flexibility index (Phi) is 6.32. The number of aliphatic carboxylic acids is 2. The lowest BCUT2D eigenvalue weighted by Crippen LogP contribution is -2.11. The van der Waals surface area contributed by atoms with E-state index in [9.17, 15) is 8.42 Å². The lowest BCUT2D eigenvalue weighted by Gasteiger charge is -2.07. The summed E-state index contributed by atoms with van der Waals surface area (Å²) >= 11 is 0. The maximum absolute atomic E-state index is 12.8. The van der Waals surface area contributed by atoms with Crippen LogP contribution >= 0.6 is 0 Å². The van der Waals surface area contributed by atoms with E-state index in [-0.39, 0.29) is 4.90 Å². The summed E-state index contributed by atoms with van der Waals surface area (Å²) in [7, 11) is -3.59. The molecule has 0 unspecified atom stereocenters. The molecule has 3 aromatic rings. The first kappa shape index (κ1) is 20.1. The lowest BCUT2D eigenvalue weighted by atomic mass is 10.1. The highest BCUT2D eigenvalue weighted by Gasteiger charge is 2.20. The van der Waals surface area contributed by atoms with Gasteiger partial charge in [0.15, 0.2) is 0 Å². The molecule has 4 N–H and O–H groups in total. The van der Waals surface area contributed by atoms with Gasteiger partial charge in [-0.3, -0.25) is 0 Å². The molecule has 0 amide bonds. The number of carboxylic acid groups (broad SMARTS) is 2. The highest BCUT2D eigenvalue weighted by molar-refractivity contribution is 7.90. The van der Waals surface area contributed by atoms with Crippen molar-refractivity contribution in [2.45, 2.75) is 11.3 Å². The molecule has 0 saturated heterocycles. The number of carboxylic acids is 2. The zero-order valence-corrected chi connectivity index (χ0v) is 15.0. The zero-order valence-electron chi connectivity index (χ0n) is 14.1. The molecule has 0 saturated carbocycles. The first-order valence-corrected chi connectivity index (χ1v) is 9.29. The van der Waals surface area contributed by atoms with Crippen LogP contribution in [0, 0.1) is 0 Å². The fourth-order valence-corrected chi connectivity index (χ4v) is 3.89. The summed E-state index contributed by atoms with van der Waals surface area (Å²) in [6.07, 6.45) is 2.33. The first-order valence-electron chi connectivity index (χ1n) is 7.85. The second-order valence-corrected chi connectivity index (χ2v) is 7.25. The average Bonchev–Trinajstić information content (AvgIpc) is 3.03. The molecule has 3 rings (SSSR count).